The van der Waals surface area contributed by atoms with E-state index in [9.17, 15) is 8.42 Å². The van der Waals surface area contributed by atoms with Gasteiger partial charge in [0.05, 0.1) is 12.9 Å². The molecule has 6 heteroatoms. The second-order valence-electron chi connectivity index (χ2n) is 6.02. The molecule has 0 aromatic heterocycles. The van der Waals surface area contributed by atoms with Crippen molar-refractivity contribution >= 4 is 32.1 Å². The highest BCUT2D eigenvalue weighted by Crippen LogP contribution is 2.36. The number of ether oxygens (including phenoxy) is 1. The maximum Gasteiger partial charge on any atom is 0.264 e. The first-order chi connectivity index (χ1) is 11.9. The minimum atomic E-state index is -3.52. The lowest BCUT2D eigenvalue weighted by Gasteiger charge is -2.31. The molecule has 0 saturated carbocycles. The van der Waals surface area contributed by atoms with Gasteiger partial charge in [0.25, 0.3) is 10.1 Å². The Morgan fingerprint density at radius 2 is 1.80 bits per heavy atom. The van der Waals surface area contributed by atoms with Gasteiger partial charge in [-0.05, 0) is 28.8 Å². The second kappa shape index (κ2) is 7.83. The monoisotopic (exact) mass is 422 g/mol. The fraction of sp³-hybridized carbons (Fsp3) is 0.263. The third-order valence-electron chi connectivity index (χ3n) is 3.88. The highest BCUT2D eigenvalue weighted by atomic mass is 79.9. The SMILES string of the molecule is CS(=O)(=O)O[C@@H]1CO[C@H](c2ccc(Br)cc2)/C(=C\c2ccccc2)C1. The quantitative estimate of drug-likeness (QED) is 0.687. The number of hydrogen-bond acceptors (Lipinski definition) is 4. The average molecular weight is 423 g/mol. The summed E-state index contributed by atoms with van der Waals surface area (Å²) < 4.78 is 35.0. The summed E-state index contributed by atoms with van der Waals surface area (Å²) in [6.07, 6.45) is 2.89. The topological polar surface area (TPSA) is 52.6 Å². The minimum absolute atomic E-state index is 0.215. The van der Waals surface area contributed by atoms with Crippen molar-refractivity contribution < 1.29 is 17.3 Å². The zero-order chi connectivity index (χ0) is 17.9. The highest BCUT2D eigenvalue weighted by molar-refractivity contribution is 9.10. The Morgan fingerprint density at radius 1 is 1.12 bits per heavy atom. The Kier molecular flexibility index (Phi) is 5.74. The first kappa shape index (κ1) is 18.3. The van der Waals surface area contributed by atoms with Gasteiger partial charge in [0.15, 0.2) is 0 Å². The van der Waals surface area contributed by atoms with Gasteiger partial charge in [0.1, 0.15) is 12.2 Å². The van der Waals surface area contributed by atoms with Crippen molar-refractivity contribution in [3.8, 4) is 0 Å². The molecule has 132 valence electrons. The van der Waals surface area contributed by atoms with Gasteiger partial charge < -0.3 is 4.74 Å². The van der Waals surface area contributed by atoms with E-state index < -0.39 is 16.2 Å². The summed E-state index contributed by atoms with van der Waals surface area (Å²) >= 11 is 3.44. The maximum atomic E-state index is 11.5. The van der Waals surface area contributed by atoms with Crippen molar-refractivity contribution in [2.45, 2.75) is 18.6 Å². The van der Waals surface area contributed by atoms with Gasteiger partial charge >= 0.3 is 0 Å². The van der Waals surface area contributed by atoms with Gasteiger partial charge in [-0.25, -0.2) is 0 Å². The zero-order valence-corrected chi connectivity index (χ0v) is 16.2. The molecule has 25 heavy (non-hydrogen) atoms. The van der Waals surface area contributed by atoms with Crippen molar-refractivity contribution in [2.75, 3.05) is 12.9 Å². The molecule has 1 saturated heterocycles. The van der Waals surface area contributed by atoms with E-state index in [1.54, 1.807) is 0 Å². The molecule has 4 nitrogen and oxygen atoms in total. The van der Waals surface area contributed by atoms with Crippen molar-refractivity contribution in [1.29, 1.82) is 0 Å². The molecule has 1 fully saturated rings. The summed E-state index contributed by atoms with van der Waals surface area (Å²) in [5.41, 5.74) is 3.07. The van der Waals surface area contributed by atoms with Crippen LogP contribution >= 0.6 is 15.9 Å². The zero-order valence-electron chi connectivity index (χ0n) is 13.8. The van der Waals surface area contributed by atoms with Crippen LogP contribution in [0.1, 0.15) is 23.7 Å². The molecule has 0 amide bonds. The highest BCUT2D eigenvalue weighted by Gasteiger charge is 2.30. The molecule has 2 atom stereocenters. The predicted octanol–water partition coefficient (Wildman–Crippen LogP) is 4.34. The van der Waals surface area contributed by atoms with Gasteiger partial charge in [-0.1, -0.05) is 64.5 Å². The van der Waals surface area contributed by atoms with Crippen LogP contribution in [-0.2, 0) is 19.0 Å². The molecule has 0 N–H and O–H groups in total. The lowest BCUT2D eigenvalue weighted by molar-refractivity contribution is -0.0116. The minimum Gasteiger partial charge on any atom is -0.366 e. The number of hydrogen-bond donors (Lipinski definition) is 0. The molecule has 0 radical (unpaired) electrons. The average Bonchev–Trinajstić information content (AvgIpc) is 2.56. The largest absolute Gasteiger partial charge is 0.366 e. The lowest BCUT2D eigenvalue weighted by atomic mass is 9.92. The van der Waals surface area contributed by atoms with Gasteiger partial charge in [-0.2, -0.15) is 8.42 Å². The summed E-state index contributed by atoms with van der Waals surface area (Å²) in [5.74, 6) is 0. The van der Waals surface area contributed by atoms with E-state index in [2.05, 4.69) is 15.9 Å². The normalized spacial score (nSPS) is 22.9. The molecule has 2 aromatic rings. The Balaban J connectivity index is 1.91. The van der Waals surface area contributed by atoms with E-state index in [4.69, 9.17) is 8.92 Å². The molecule has 1 aliphatic heterocycles. The molecular formula is C19H19BrO4S. The van der Waals surface area contributed by atoms with Crippen LogP contribution in [0.4, 0.5) is 0 Å². The summed E-state index contributed by atoms with van der Waals surface area (Å²) in [6, 6.07) is 17.9. The number of rotatable bonds is 4. The van der Waals surface area contributed by atoms with E-state index in [0.29, 0.717) is 6.42 Å². The van der Waals surface area contributed by atoms with Crippen LogP contribution in [0.5, 0.6) is 0 Å². The summed E-state index contributed by atoms with van der Waals surface area (Å²) in [4.78, 5) is 0. The summed E-state index contributed by atoms with van der Waals surface area (Å²) in [5, 5.41) is 0. The van der Waals surface area contributed by atoms with E-state index in [1.807, 2.05) is 60.7 Å². The Morgan fingerprint density at radius 3 is 2.44 bits per heavy atom. The molecular weight excluding hydrogens is 404 g/mol. The molecule has 0 bridgehead atoms. The predicted molar refractivity (Wildman–Crippen MR) is 102 cm³/mol. The van der Waals surface area contributed by atoms with E-state index in [-0.39, 0.29) is 12.7 Å². The number of halogens is 1. The van der Waals surface area contributed by atoms with Crippen LogP contribution in [0.3, 0.4) is 0 Å². The Hall–Kier alpha value is -1.47. The first-order valence-corrected chi connectivity index (χ1v) is 10.5. The van der Waals surface area contributed by atoms with Crippen molar-refractivity contribution in [3.63, 3.8) is 0 Å². The molecule has 2 aromatic carbocycles. The van der Waals surface area contributed by atoms with Crippen LogP contribution in [0, 0.1) is 0 Å². The van der Waals surface area contributed by atoms with Crippen LogP contribution in [-0.4, -0.2) is 27.4 Å². The van der Waals surface area contributed by atoms with Gasteiger partial charge in [0, 0.05) is 10.9 Å². The standard InChI is InChI=1S/C19H19BrO4S/c1-25(21,22)24-18-12-16(11-14-5-3-2-4-6-14)19(23-13-18)15-7-9-17(20)10-8-15/h2-11,18-19H,12-13H2,1H3/b16-11-/t18-,19+/m0/s1. The smallest absolute Gasteiger partial charge is 0.264 e. The van der Waals surface area contributed by atoms with Gasteiger partial charge in [0.2, 0.25) is 0 Å². The third kappa shape index (κ3) is 5.25. The molecule has 0 aliphatic carbocycles. The van der Waals surface area contributed by atoms with Gasteiger partial charge in [-0.3, -0.25) is 4.18 Å². The molecule has 1 aliphatic rings. The van der Waals surface area contributed by atoms with Gasteiger partial charge in [-0.15, -0.1) is 0 Å². The van der Waals surface area contributed by atoms with Crippen LogP contribution in [0.25, 0.3) is 6.08 Å². The lowest BCUT2D eigenvalue weighted by Crippen LogP contribution is -2.31. The maximum absolute atomic E-state index is 11.5. The van der Waals surface area contributed by atoms with Crippen LogP contribution in [0.15, 0.2) is 64.6 Å². The third-order valence-corrected chi connectivity index (χ3v) is 5.03. The summed E-state index contributed by atoms with van der Waals surface area (Å²) in [7, 11) is -3.52. The fourth-order valence-corrected chi connectivity index (χ4v) is 3.78. The van der Waals surface area contributed by atoms with E-state index in [1.165, 1.54) is 0 Å². The number of benzene rings is 2. The van der Waals surface area contributed by atoms with Crippen molar-refractivity contribution in [1.82, 2.24) is 0 Å². The fourth-order valence-electron chi connectivity index (χ4n) is 2.89. The molecule has 1 heterocycles. The van der Waals surface area contributed by atoms with E-state index >= 15 is 0 Å². The van der Waals surface area contributed by atoms with Crippen molar-refractivity contribution in [2.24, 2.45) is 0 Å². The first-order valence-electron chi connectivity index (χ1n) is 7.91. The second-order valence-corrected chi connectivity index (χ2v) is 8.54. The van der Waals surface area contributed by atoms with E-state index in [0.717, 1.165) is 27.4 Å². The Bertz CT molecular complexity index is 845. The Labute approximate surface area is 156 Å². The molecule has 0 unspecified atom stereocenters. The van der Waals surface area contributed by atoms with Crippen LogP contribution in [0.2, 0.25) is 0 Å². The summed E-state index contributed by atoms with van der Waals surface area (Å²) in [6.45, 7) is 0.236. The van der Waals surface area contributed by atoms with Crippen LogP contribution < -0.4 is 0 Å². The molecule has 0 spiro atoms. The molecule has 3 rings (SSSR count). The van der Waals surface area contributed by atoms with Crippen molar-refractivity contribution in [3.05, 3.63) is 75.8 Å².